The summed E-state index contributed by atoms with van der Waals surface area (Å²) in [6.07, 6.45) is -0.0472. The lowest BCUT2D eigenvalue weighted by atomic mass is 9.62. The second-order valence-corrected chi connectivity index (χ2v) is 11.4. The van der Waals surface area contributed by atoms with Gasteiger partial charge in [-0.3, -0.25) is 19.7 Å². The first kappa shape index (κ1) is 25.9. The van der Waals surface area contributed by atoms with E-state index in [9.17, 15) is 29.9 Å². The van der Waals surface area contributed by atoms with Crippen LogP contribution in [0.2, 0.25) is 0 Å². The fourth-order valence-electron chi connectivity index (χ4n) is 6.31. The Bertz CT molecular complexity index is 1300. The summed E-state index contributed by atoms with van der Waals surface area (Å²) < 4.78 is 12.2. The number of phenolic OH excluding ortho intramolecular Hbond substituents is 1. The van der Waals surface area contributed by atoms with Gasteiger partial charge in [-0.05, 0) is 65.1 Å². The highest BCUT2D eigenvalue weighted by atomic mass is 127. The Kier molecular flexibility index (Phi) is 6.44. The number of ether oxygens (including phenoxy) is 2. The summed E-state index contributed by atoms with van der Waals surface area (Å²) in [6.45, 7) is 3.89. The quantitative estimate of drug-likeness (QED) is 0.219. The van der Waals surface area contributed by atoms with E-state index < -0.39 is 52.3 Å². The molecular formula is C26H27IN2O8. The Labute approximate surface area is 226 Å². The third-order valence-electron chi connectivity index (χ3n) is 8.03. The molecular weight excluding hydrogens is 595 g/mol. The molecule has 5 rings (SSSR count). The molecule has 2 saturated heterocycles. The summed E-state index contributed by atoms with van der Waals surface area (Å²) in [5.74, 6) is -4.88. The topological polar surface area (TPSA) is 139 Å². The molecule has 1 aliphatic carbocycles. The molecule has 1 saturated carbocycles. The summed E-state index contributed by atoms with van der Waals surface area (Å²) in [5, 5.41) is 33.5. The van der Waals surface area contributed by atoms with Gasteiger partial charge in [-0.25, -0.2) is 4.90 Å². The maximum atomic E-state index is 13.7. The molecule has 0 aromatic heterocycles. The maximum Gasteiger partial charge on any atom is 0.271 e. The molecule has 10 nitrogen and oxygen atoms in total. The molecule has 2 N–H and O–H groups in total. The van der Waals surface area contributed by atoms with Gasteiger partial charge < -0.3 is 19.7 Å². The van der Waals surface area contributed by atoms with Crippen LogP contribution in [-0.4, -0.2) is 39.8 Å². The zero-order valence-electron chi connectivity index (χ0n) is 20.5. The van der Waals surface area contributed by atoms with Crippen molar-refractivity contribution in [3.05, 3.63) is 55.6 Å². The molecule has 0 bridgehead atoms. The first-order valence-corrected chi connectivity index (χ1v) is 13.1. The van der Waals surface area contributed by atoms with Crippen LogP contribution in [0.3, 0.4) is 0 Å². The number of nitro benzene ring substituents is 1. The lowest BCUT2D eigenvalue weighted by molar-refractivity contribution is -0.384. The number of halogens is 1. The van der Waals surface area contributed by atoms with Crippen LogP contribution < -0.4 is 9.64 Å². The summed E-state index contributed by atoms with van der Waals surface area (Å²) in [6, 6.07) is 8.88. The molecule has 2 aliphatic heterocycles. The Morgan fingerprint density at radius 1 is 1.22 bits per heavy atom. The van der Waals surface area contributed by atoms with E-state index in [4.69, 9.17) is 9.47 Å². The number of aromatic hydroxyl groups is 1. The van der Waals surface area contributed by atoms with Gasteiger partial charge in [0.2, 0.25) is 11.8 Å². The third kappa shape index (κ3) is 3.98. The number of rotatable bonds is 5. The lowest BCUT2D eigenvalue weighted by Gasteiger charge is -2.46. The average Bonchev–Trinajstić information content (AvgIpc) is 3.33. The minimum absolute atomic E-state index is 0.00487. The Morgan fingerprint density at radius 3 is 2.59 bits per heavy atom. The average molecular weight is 622 g/mol. The van der Waals surface area contributed by atoms with Crippen LogP contribution in [0.4, 0.5) is 11.4 Å². The molecule has 0 unspecified atom stereocenters. The number of amides is 2. The molecule has 2 heterocycles. The number of imide groups is 1. The Morgan fingerprint density at radius 2 is 1.95 bits per heavy atom. The van der Waals surface area contributed by atoms with E-state index in [1.807, 2.05) is 36.4 Å². The van der Waals surface area contributed by atoms with Crippen LogP contribution >= 0.6 is 22.6 Å². The van der Waals surface area contributed by atoms with Crippen LogP contribution in [0.15, 0.2) is 36.4 Å². The minimum Gasteiger partial charge on any atom is -0.504 e. The van der Waals surface area contributed by atoms with Crippen LogP contribution in [-0.2, 0) is 14.3 Å². The fraction of sp³-hybridized carbons (Fsp3) is 0.462. The number of fused-ring (bicyclic) bond motifs is 3. The van der Waals surface area contributed by atoms with Crippen molar-refractivity contribution in [2.75, 3.05) is 12.0 Å². The molecule has 3 aliphatic rings. The van der Waals surface area contributed by atoms with Crippen LogP contribution in [0.1, 0.15) is 38.4 Å². The lowest BCUT2D eigenvalue weighted by Crippen LogP contribution is -2.55. The number of carbonyl (C=O) groups is 2. The molecule has 6 atom stereocenters. The monoisotopic (exact) mass is 622 g/mol. The van der Waals surface area contributed by atoms with Gasteiger partial charge in [0.05, 0.1) is 39.2 Å². The summed E-state index contributed by atoms with van der Waals surface area (Å²) >= 11 is 1.99. The second kappa shape index (κ2) is 9.21. The second-order valence-electron chi connectivity index (χ2n) is 10.3. The molecule has 37 heavy (non-hydrogen) atoms. The van der Waals surface area contributed by atoms with Crippen molar-refractivity contribution < 1.29 is 34.2 Å². The van der Waals surface area contributed by atoms with Gasteiger partial charge in [0.25, 0.3) is 5.69 Å². The number of non-ortho nitro benzene ring substituents is 1. The van der Waals surface area contributed by atoms with E-state index in [-0.39, 0.29) is 41.6 Å². The number of carbonyl (C=O) groups excluding carboxylic acids is 2. The highest BCUT2D eigenvalue weighted by Gasteiger charge is 2.67. The number of methoxy groups -OCH3 is 1. The van der Waals surface area contributed by atoms with E-state index in [1.54, 1.807) is 12.1 Å². The van der Waals surface area contributed by atoms with Gasteiger partial charge in [-0.1, -0.05) is 19.9 Å². The number of phenols is 1. The molecule has 3 fully saturated rings. The molecule has 0 spiro atoms. The van der Waals surface area contributed by atoms with Crippen molar-refractivity contribution in [3.8, 4) is 11.5 Å². The normalized spacial score (nSPS) is 31.0. The summed E-state index contributed by atoms with van der Waals surface area (Å²) in [5.41, 5.74) is 0.620. The molecule has 196 valence electrons. The molecule has 2 aromatic rings. The molecule has 0 radical (unpaired) electrons. The van der Waals surface area contributed by atoms with Crippen molar-refractivity contribution in [3.63, 3.8) is 0 Å². The van der Waals surface area contributed by atoms with Crippen molar-refractivity contribution in [2.45, 2.75) is 38.6 Å². The SMILES string of the molecule is COc1cc([C@@H]2C[C@H]3[C@H]4C(=O)N(c5cccc([N+](=O)[O-])c5)C(=O)[C@H]4C[C@H](C(C)C)[C@@]3(O)O2)cc(I)c1O. The summed E-state index contributed by atoms with van der Waals surface area (Å²) in [4.78, 5) is 39.1. The predicted molar refractivity (Wildman–Crippen MR) is 140 cm³/mol. The van der Waals surface area contributed by atoms with Gasteiger partial charge in [0.15, 0.2) is 17.3 Å². The third-order valence-corrected chi connectivity index (χ3v) is 8.85. The van der Waals surface area contributed by atoms with Crippen molar-refractivity contribution in [1.82, 2.24) is 0 Å². The van der Waals surface area contributed by atoms with Crippen LogP contribution in [0.5, 0.6) is 11.5 Å². The molecule has 11 heteroatoms. The van der Waals surface area contributed by atoms with Crippen LogP contribution in [0.25, 0.3) is 0 Å². The van der Waals surface area contributed by atoms with Crippen molar-refractivity contribution in [1.29, 1.82) is 0 Å². The number of nitro groups is 1. The van der Waals surface area contributed by atoms with E-state index in [1.165, 1.54) is 31.4 Å². The minimum atomic E-state index is -1.65. The number of nitrogens with zero attached hydrogens (tertiary/aromatic N) is 2. The van der Waals surface area contributed by atoms with Gasteiger partial charge in [0, 0.05) is 24.0 Å². The molecule has 2 aromatic carbocycles. The highest BCUT2D eigenvalue weighted by molar-refractivity contribution is 14.1. The number of hydrogen-bond donors (Lipinski definition) is 2. The van der Waals surface area contributed by atoms with Gasteiger partial charge in [-0.2, -0.15) is 0 Å². The highest BCUT2D eigenvalue weighted by Crippen LogP contribution is 2.60. The van der Waals surface area contributed by atoms with E-state index in [0.717, 1.165) is 4.90 Å². The van der Waals surface area contributed by atoms with Gasteiger partial charge in [0.1, 0.15) is 0 Å². The molecule has 2 amide bonds. The zero-order valence-corrected chi connectivity index (χ0v) is 22.6. The number of benzene rings is 2. The van der Waals surface area contributed by atoms with E-state index >= 15 is 0 Å². The van der Waals surface area contributed by atoms with Gasteiger partial charge >= 0.3 is 0 Å². The fourth-order valence-corrected chi connectivity index (χ4v) is 6.94. The maximum absolute atomic E-state index is 13.7. The predicted octanol–water partition coefficient (Wildman–Crippen LogP) is 4.16. The number of anilines is 1. The smallest absolute Gasteiger partial charge is 0.271 e. The largest absolute Gasteiger partial charge is 0.504 e. The van der Waals surface area contributed by atoms with Crippen molar-refractivity contribution >= 4 is 45.8 Å². The number of aliphatic hydroxyl groups is 1. The first-order chi connectivity index (χ1) is 17.5. The number of hydrogen-bond acceptors (Lipinski definition) is 8. The van der Waals surface area contributed by atoms with Crippen molar-refractivity contribution in [2.24, 2.45) is 29.6 Å². The first-order valence-electron chi connectivity index (χ1n) is 12.1. The van der Waals surface area contributed by atoms with Crippen LogP contribution in [0, 0.1) is 43.3 Å². The Hall–Kier alpha value is -2.77. The Balaban J connectivity index is 1.55. The van der Waals surface area contributed by atoms with E-state index in [2.05, 4.69) is 0 Å². The van der Waals surface area contributed by atoms with E-state index in [0.29, 0.717) is 9.13 Å². The zero-order chi connectivity index (χ0) is 26.8. The van der Waals surface area contributed by atoms with Gasteiger partial charge in [-0.15, -0.1) is 0 Å². The standard InChI is InChI=1S/C26H27IN2O8/c1-12(2)17-10-16-22(25(32)28(24(16)31)14-5-4-6-15(9-14)29(34)35)18-11-20(37-26(17,18)33)13-7-19(27)23(30)21(8-13)36-3/h4-9,12,16-18,20,22,30,33H,10-11H2,1-3H3/t16-,17+,18-,20-,22-,26+/m0/s1. The summed E-state index contributed by atoms with van der Waals surface area (Å²) in [7, 11) is 1.45.